The second-order valence-corrected chi connectivity index (χ2v) is 6.21. The van der Waals surface area contributed by atoms with E-state index in [0.29, 0.717) is 35.2 Å². The highest BCUT2D eigenvalue weighted by Crippen LogP contribution is 2.43. The first-order valence-corrected chi connectivity index (χ1v) is 7.52. The van der Waals surface area contributed by atoms with E-state index in [1.165, 1.54) is 0 Å². The molecule has 0 amide bonds. The summed E-state index contributed by atoms with van der Waals surface area (Å²) in [6.45, 7) is 2.05. The minimum atomic E-state index is -0.527. The molecule has 3 rings (SSSR count). The highest BCUT2D eigenvalue weighted by atomic mass is 35.5. The van der Waals surface area contributed by atoms with E-state index < -0.39 is 6.23 Å². The van der Waals surface area contributed by atoms with Gasteiger partial charge in [-0.1, -0.05) is 23.2 Å². The average Bonchev–Trinajstić information content (AvgIpc) is 3.04. The fraction of sp³-hybridized carbons (Fsp3) is 0.571. The van der Waals surface area contributed by atoms with E-state index in [1.807, 2.05) is 4.90 Å². The van der Waals surface area contributed by atoms with Crippen LogP contribution in [-0.2, 0) is 4.74 Å². The lowest BCUT2D eigenvalue weighted by atomic mass is 9.97. The molecule has 2 heterocycles. The van der Waals surface area contributed by atoms with Gasteiger partial charge in [0.05, 0.1) is 16.7 Å². The summed E-state index contributed by atoms with van der Waals surface area (Å²) >= 11 is 12.2. The van der Waals surface area contributed by atoms with Crippen molar-refractivity contribution in [2.45, 2.75) is 31.0 Å². The van der Waals surface area contributed by atoms with Gasteiger partial charge < -0.3 is 14.9 Å². The first-order valence-electron chi connectivity index (χ1n) is 6.76. The smallest absolute Gasteiger partial charge is 0.120 e. The van der Waals surface area contributed by atoms with Gasteiger partial charge in [-0.2, -0.15) is 0 Å². The van der Waals surface area contributed by atoms with Gasteiger partial charge in [0.1, 0.15) is 12.0 Å². The molecule has 20 heavy (non-hydrogen) atoms. The Morgan fingerprint density at radius 3 is 2.80 bits per heavy atom. The third-order valence-corrected chi connectivity index (χ3v) is 5.02. The van der Waals surface area contributed by atoms with Crippen molar-refractivity contribution in [2.75, 3.05) is 19.8 Å². The molecular formula is C14H17Cl2NO3. The Kier molecular flexibility index (Phi) is 4.11. The molecule has 0 spiro atoms. The summed E-state index contributed by atoms with van der Waals surface area (Å²) in [5.41, 5.74) is 0.639. The van der Waals surface area contributed by atoms with Crippen LogP contribution in [0.25, 0.3) is 0 Å². The van der Waals surface area contributed by atoms with Crippen molar-refractivity contribution in [1.82, 2.24) is 4.90 Å². The third-order valence-electron chi connectivity index (χ3n) is 4.20. The van der Waals surface area contributed by atoms with Crippen LogP contribution in [0.3, 0.4) is 0 Å². The third kappa shape index (κ3) is 2.51. The molecule has 2 aliphatic heterocycles. The summed E-state index contributed by atoms with van der Waals surface area (Å²) in [5.74, 6) is 0.123. The van der Waals surface area contributed by atoms with Crippen molar-refractivity contribution >= 4 is 23.2 Å². The molecule has 3 atom stereocenters. The monoisotopic (exact) mass is 317 g/mol. The van der Waals surface area contributed by atoms with Crippen LogP contribution in [0.1, 0.15) is 24.3 Å². The Morgan fingerprint density at radius 1 is 1.30 bits per heavy atom. The van der Waals surface area contributed by atoms with Crippen LogP contribution in [0.15, 0.2) is 12.1 Å². The first kappa shape index (κ1) is 14.4. The predicted octanol–water partition coefficient (Wildman–Crippen LogP) is 2.60. The minimum Gasteiger partial charge on any atom is -0.508 e. The molecule has 0 bridgehead atoms. The summed E-state index contributed by atoms with van der Waals surface area (Å²) in [6.07, 6.45) is 0.949. The molecule has 1 aromatic carbocycles. The number of phenols is 1. The zero-order valence-electron chi connectivity index (χ0n) is 10.9. The number of hydrogen-bond acceptors (Lipinski definition) is 4. The van der Waals surface area contributed by atoms with Crippen LogP contribution in [0.5, 0.6) is 5.75 Å². The number of phenolic OH excluding ortho intramolecular Hbond substituents is 1. The molecule has 1 unspecified atom stereocenters. The van der Waals surface area contributed by atoms with Crippen LogP contribution < -0.4 is 0 Å². The largest absolute Gasteiger partial charge is 0.508 e. The van der Waals surface area contributed by atoms with Crippen molar-refractivity contribution in [1.29, 1.82) is 0 Å². The van der Waals surface area contributed by atoms with E-state index in [1.54, 1.807) is 12.1 Å². The first-order chi connectivity index (χ1) is 9.58. The van der Waals surface area contributed by atoms with Gasteiger partial charge >= 0.3 is 0 Å². The fourth-order valence-electron chi connectivity index (χ4n) is 3.17. The van der Waals surface area contributed by atoms with Crippen molar-refractivity contribution in [3.8, 4) is 5.75 Å². The van der Waals surface area contributed by atoms with Gasteiger partial charge in [0.25, 0.3) is 0 Å². The van der Waals surface area contributed by atoms with E-state index >= 15 is 0 Å². The van der Waals surface area contributed by atoms with Crippen LogP contribution in [0.4, 0.5) is 0 Å². The molecule has 2 N–H and O–H groups in total. The van der Waals surface area contributed by atoms with Gasteiger partial charge in [-0.05, 0) is 25.0 Å². The highest BCUT2D eigenvalue weighted by molar-refractivity contribution is 6.42. The van der Waals surface area contributed by atoms with E-state index in [2.05, 4.69) is 0 Å². The highest BCUT2D eigenvalue weighted by Gasteiger charge is 2.39. The Balaban J connectivity index is 1.84. The van der Waals surface area contributed by atoms with E-state index in [0.717, 1.165) is 13.0 Å². The van der Waals surface area contributed by atoms with Crippen LogP contribution in [0, 0.1) is 0 Å². The molecule has 0 aromatic heterocycles. The fourth-order valence-corrected chi connectivity index (χ4v) is 3.65. The van der Waals surface area contributed by atoms with Crippen molar-refractivity contribution < 1.29 is 14.9 Å². The number of aliphatic hydroxyl groups is 1. The maximum Gasteiger partial charge on any atom is 0.120 e. The second kappa shape index (κ2) is 5.70. The van der Waals surface area contributed by atoms with Gasteiger partial charge in [0, 0.05) is 30.7 Å². The lowest BCUT2D eigenvalue weighted by Gasteiger charge is -2.25. The van der Waals surface area contributed by atoms with Crippen LogP contribution >= 0.6 is 23.2 Å². The van der Waals surface area contributed by atoms with Crippen LogP contribution in [-0.4, -0.2) is 47.1 Å². The molecule has 1 aromatic rings. The molecule has 0 radical (unpaired) electrons. The summed E-state index contributed by atoms with van der Waals surface area (Å²) in [7, 11) is 0. The Bertz CT molecular complexity index is 505. The molecule has 0 aliphatic carbocycles. The summed E-state index contributed by atoms with van der Waals surface area (Å²) in [5, 5.41) is 21.1. The molecule has 110 valence electrons. The van der Waals surface area contributed by atoms with Crippen molar-refractivity contribution in [3.05, 3.63) is 27.7 Å². The normalized spacial score (nSPS) is 31.1. The number of nitrogens with zero attached hydrogens (tertiary/aromatic N) is 1. The summed E-state index contributed by atoms with van der Waals surface area (Å²) in [4.78, 5) is 2.04. The Hall–Kier alpha value is -0.520. The van der Waals surface area contributed by atoms with Gasteiger partial charge in [0.15, 0.2) is 0 Å². The zero-order chi connectivity index (χ0) is 14.3. The van der Waals surface area contributed by atoms with Gasteiger partial charge in [0.2, 0.25) is 0 Å². The molecular weight excluding hydrogens is 301 g/mol. The lowest BCUT2D eigenvalue weighted by molar-refractivity contribution is 0.00550. The van der Waals surface area contributed by atoms with E-state index in [9.17, 15) is 10.2 Å². The predicted molar refractivity (Wildman–Crippen MR) is 77.4 cm³/mol. The van der Waals surface area contributed by atoms with Gasteiger partial charge in [-0.25, -0.2) is 0 Å². The number of halogens is 2. The number of benzene rings is 1. The quantitative estimate of drug-likeness (QED) is 0.880. The topological polar surface area (TPSA) is 52.9 Å². The summed E-state index contributed by atoms with van der Waals surface area (Å²) < 4.78 is 5.38. The van der Waals surface area contributed by atoms with E-state index in [4.69, 9.17) is 27.9 Å². The Labute approximate surface area is 127 Å². The maximum absolute atomic E-state index is 10.2. The number of likely N-dealkylation sites (tertiary alicyclic amines) is 1. The Morgan fingerprint density at radius 2 is 2.10 bits per heavy atom. The van der Waals surface area contributed by atoms with Crippen molar-refractivity contribution in [3.63, 3.8) is 0 Å². The number of ether oxygens (including phenoxy) is 1. The second-order valence-electron chi connectivity index (χ2n) is 5.42. The number of hydrogen-bond donors (Lipinski definition) is 2. The standard InChI is InChI=1S/C14H17Cl2NO3/c15-10-1-2-11(18)13(14(10)16)8-5-12(19)17(6-8)9-3-4-20-7-9/h1-2,8-9,12,18-19H,3-7H2/t8-,9+,12?/m1/s1. The SMILES string of the molecule is Oc1ccc(Cl)c(Cl)c1[C@@H]1CC(O)N([C@H]2CCOC2)C1. The lowest BCUT2D eigenvalue weighted by Crippen LogP contribution is -2.39. The minimum absolute atomic E-state index is 0.0169. The molecule has 2 fully saturated rings. The summed E-state index contributed by atoms with van der Waals surface area (Å²) in [6, 6.07) is 3.38. The number of rotatable bonds is 2. The van der Waals surface area contributed by atoms with Crippen LogP contribution in [0.2, 0.25) is 10.0 Å². The number of aliphatic hydroxyl groups excluding tert-OH is 1. The van der Waals surface area contributed by atoms with Gasteiger partial charge in [-0.15, -0.1) is 0 Å². The number of aromatic hydroxyl groups is 1. The van der Waals surface area contributed by atoms with E-state index in [-0.39, 0.29) is 17.7 Å². The maximum atomic E-state index is 10.2. The zero-order valence-corrected chi connectivity index (χ0v) is 12.4. The molecule has 2 aliphatic rings. The molecule has 4 nitrogen and oxygen atoms in total. The van der Waals surface area contributed by atoms with Crippen molar-refractivity contribution in [2.24, 2.45) is 0 Å². The molecule has 2 saturated heterocycles. The molecule has 6 heteroatoms. The average molecular weight is 318 g/mol. The molecule has 0 saturated carbocycles. The van der Waals surface area contributed by atoms with Gasteiger partial charge in [-0.3, -0.25) is 4.90 Å².